The minimum absolute atomic E-state index is 0.244. The van der Waals surface area contributed by atoms with Crippen LogP contribution in [0.5, 0.6) is 0 Å². The summed E-state index contributed by atoms with van der Waals surface area (Å²) in [6.45, 7) is 8.16. The van der Waals surface area contributed by atoms with Crippen molar-refractivity contribution in [3.63, 3.8) is 0 Å². The summed E-state index contributed by atoms with van der Waals surface area (Å²) in [6, 6.07) is 5.62. The second-order valence-electron chi connectivity index (χ2n) is 10.3. The fourth-order valence-electron chi connectivity index (χ4n) is 5.10. The SMILES string of the molecule is CNC1NC=CNC1=N[C@@H](CCN(CCCCc1ccc2c(n1)NCCC2)CCn1nc(C)cc1C)C(=O)O. The van der Waals surface area contributed by atoms with Crippen molar-refractivity contribution < 1.29 is 9.90 Å². The van der Waals surface area contributed by atoms with E-state index >= 15 is 0 Å². The van der Waals surface area contributed by atoms with E-state index in [1.54, 1.807) is 19.4 Å². The van der Waals surface area contributed by atoms with Crippen LogP contribution in [0.15, 0.2) is 35.6 Å². The van der Waals surface area contributed by atoms with Crippen molar-refractivity contribution in [1.29, 1.82) is 0 Å². The van der Waals surface area contributed by atoms with Gasteiger partial charge in [-0.05, 0) is 83.7 Å². The zero-order chi connectivity index (χ0) is 27.6. The molecule has 0 fully saturated rings. The number of pyridine rings is 1. The molecule has 0 spiro atoms. The number of fused-ring (bicyclic) bond motifs is 1. The molecule has 0 aromatic carbocycles. The molecule has 2 atom stereocenters. The van der Waals surface area contributed by atoms with Crippen LogP contribution in [0.4, 0.5) is 5.82 Å². The van der Waals surface area contributed by atoms with E-state index in [1.165, 1.54) is 5.56 Å². The number of carboxylic acid groups (broad SMARTS) is 1. The highest BCUT2D eigenvalue weighted by Gasteiger charge is 2.22. The van der Waals surface area contributed by atoms with E-state index in [9.17, 15) is 9.90 Å². The Labute approximate surface area is 231 Å². The van der Waals surface area contributed by atoms with Gasteiger partial charge in [-0.25, -0.2) is 9.78 Å². The Bertz CT molecular complexity index is 1160. The number of likely N-dealkylation sites (N-methyl/N-ethyl adjacent to an activating group) is 1. The first-order valence-corrected chi connectivity index (χ1v) is 14.0. The Balaban J connectivity index is 1.35. The van der Waals surface area contributed by atoms with Gasteiger partial charge < -0.3 is 26.0 Å². The number of unbranched alkanes of at least 4 members (excludes halogenated alkanes) is 1. The number of hydrogen-bond donors (Lipinski definition) is 5. The third-order valence-electron chi connectivity index (χ3n) is 7.28. The third kappa shape index (κ3) is 8.27. The highest BCUT2D eigenvalue weighted by atomic mass is 16.4. The minimum Gasteiger partial charge on any atom is -0.480 e. The van der Waals surface area contributed by atoms with Crippen molar-refractivity contribution in [3.8, 4) is 0 Å². The Morgan fingerprint density at radius 1 is 1.26 bits per heavy atom. The number of nitrogens with zero attached hydrogens (tertiary/aromatic N) is 5. The second-order valence-corrected chi connectivity index (χ2v) is 10.3. The van der Waals surface area contributed by atoms with E-state index in [-0.39, 0.29) is 6.17 Å². The van der Waals surface area contributed by atoms with Gasteiger partial charge in [0.25, 0.3) is 0 Å². The van der Waals surface area contributed by atoms with E-state index in [1.807, 2.05) is 11.6 Å². The summed E-state index contributed by atoms with van der Waals surface area (Å²) in [5, 5.41) is 27.2. The maximum atomic E-state index is 12.1. The maximum Gasteiger partial charge on any atom is 0.328 e. The summed E-state index contributed by atoms with van der Waals surface area (Å²) < 4.78 is 2.03. The number of rotatable bonds is 14. The Morgan fingerprint density at radius 2 is 2.13 bits per heavy atom. The first kappa shape index (κ1) is 28.6. The zero-order valence-electron chi connectivity index (χ0n) is 23.4. The molecule has 11 nitrogen and oxygen atoms in total. The number of anilines is 1. The molecule has 4 rings (SSSR count). The van der Waals surface area contributed by atoms with Crippen LogP contribution in [0.1, 0.15) is 48.3 Å². The van der Waals surface area contributed by atoms with Crippen molar-refractivity contribution in [3.05, 3.63) is 53.2 Å². The molecule has 4 heterocycles. The topological polar surface area (TPSA) is 132 Å². The number of aliphatic carboxylic acids is 1. The van der Waals surface area contributed by atoms with Gasteiger partial charge in [0.2, 0.25) is 0 Å². The normalized spacial score (nSPS) is 18.4. The zero-order valence-corrected chi connectivity index (χ0v) is 23.4. The van der Waals surface area contributed by atoms with Crippen LogP contribution in [0.3, 0.4) is 0 Å². The van der Waals surface area contributed by atoms with Gasteiger partial charge in [-0.15, -0.1) is 0 Å². The quantitative estimate of drug-likeness (QED) is 0.230. The predicted molar refractivity (Wildman–Crippen MR) is 154 cm³/mol. The molecule has 2 aromatic heterocycles. The van der Waals surface area contributed by atoms with Gasteiger partial charge in [0.15, 0.2) is 6.04 Å². The molecule has 2 aliphatic heterocycles. The fraction of sp³-hybridized carbons (Fsp3) is 0.571. The molecule has 5 N–H and O–H groups in total. The first-order chi connectivity index (χ1) is 18.9. The van der Waals surface area contributed by atoms with Gasteiger partial charge in [0, 0.05) is 43.4 Å². The Hall–Kier alpha value is -3.44. The fourth-order valence-corrected chi connectivity index (χ4v) is 5.10. The van der Waals surface area contributed by atoms with Crippen molar-refractivity contribution in [2.24, 2.45) is 4.99 Å². The molecule has 0 aliphatic carbocycles. The lowest BCUT2D eigenvalue weighted by molar-refractivity contribution is -0.138. The summed E-state index contributed by atoms with van der Waals surface area (Å²) in [5.74, 6) is 0.707. The molecular formula is C28H43N9O2. The molecule has 11 heteroatoms. The van der Waals surface area contributed by atoms with E-state index < -0.39 is 12.0 Å². The number of hydrogen-bond acceptors (Lipinski definition) is 8. The summed E-state index contributed by atoms with van der Waals surface area (Å²) in [7, 11) is 1.81. The van der Waals surface area contributed by atoms with E-state index in [4.69, 9.17) is 4.98 Å². The van der Waals surface area contributed by atoms with Crippen LogP contribution >= 0.6 is 0 Å². The van der Waals surface area contributed by atoms with E-state index in [0.717, 1.165) is 81.2 Å². The molecule has 0 radical (unpaired) electrons. The summed E-state index contributed by atoms with van der Waals surface area (Å²) >= 11 is 0. The van der Waals surface area contributed by atoms with Crippen LogP contribution in [0, 0.1) is 13.8 Å². The molecule has 212 valence electrons. The molecule has 0 saturated carbocycles. The van der Waals surface area contributed by atoms with Crippen LogP contribution in [0.25, 0.3) is 0 Å². The van der Waals surface area contributed by atoms with Gasteiger partial charge in [-0.2, -0.15) is 5.10 Å². The van der Waals surface area contributed by atoms with Gasteiger partial charge in [0.05, 0.1) is 12.2 Å². The molecule has 1 unspecified atom stereocenters. The molecule has 0 bridgehead atoms. The molecule has 0 saturated heterocycles. The Kier molecular flexibility index (Phi) is 10.3. The minimum atomic E-state index is -0.917. The van der Waals surface area contributed by atoms with Gasteiger partial charge in [0.1, 0.15) is 17.8 Å². The number of aromatic nitrogens is 3. The number of nitrogens with one attached hydrogen (secondary N) is 4. The predicted octanol–water partition coefficient (Wildman–Crippen LogP) is 2.03. The highest BCUT2D eigenvalue weighted by Crippen LogP contribution is 2.20. The average molecular weight is 538 g/mol. The van der Waals surface area contributed by atoms with Crippen LogP contribution in [-0.4, -0.2) is 82.0 Å². The van der Waals surface area contributed by atoms with Crippen molar-refractivity contribution in [1.82, 2.24) is 35.6 Å². The molecule has 2 aromatic rings. The smallest absolute Gasteiger partial charge is 0.328 e. The lowest BCUT2D eigenvalue weighted by Crippen LogP contribution is -2.52. The standard InChI is InChI=1S/C28H43N9O2/c1-20-19-21(2)37(35-20)18-17-36(15-5-4-8-23-10-9-22-7-6-12-30-25(22)33-23)16-11-24(28(38)39)34-27-26(29-3)31-13-14-32-27/h9-10,13-14,19,24,26,29,31H,4-8,11-12,15-18H2,1-3H3,(H,30,33)(H,32,34)(H,38,39)/t24-,26?/m0/s1. The van der Waals surface area contributed by atoms with Crippen molar-refractivity contribution in [2.45, 2.75) is 71.1 Å². The maximum absolute atomic E-state index is 12.1. The number of amidine groups is 1. The van der Waals surface area contributed by atoms with Gasteiger partial charge >= 0.3 is 5.97 Å². The van der Waals surface area contributed by atoms with Crippen LogP contribution in [-0.2, 0) is 24.2 Å². The summed E-state index contributed by atoms with van der Waals surface area (Å²) in [6.07, 6.45) is 8.91. The van der Waals surface area contributed by atoms with Gasteiger partial charge in [-0.3, -0.25) is 15.0 Å². The number of carboxylic acids is 1. The average Bonchev–Trinajstić information content (AvgIpc) is 3.27. The van der Waals surface area contributed by atoms with E-state index in [2.05, 4.69) is 61.4 Å². The summed E-state index contributed by atoms with van der Waals surface area (Å²) in [4.78, 5) is 23.8. The second kappa shape index (κ2) is 14.1. The van der Waals surface area contributed by atoms with Crippen LogP contribution < -0.4 is 21.3 Å². The molecular weight excluding hydrogens is 494 g/mol. The van der Waals surface area contributed by atoms with Crippen molar-refractivity contribution >= 4 is 17.6 Å². The molecule has 0 amide bonds. The number of carbonyl (C=O) groups is 1. The number of aryl methyl sites for hydroxylation is 4. The Morgan fingerprint density at radius 3 is 2.90 bits per heavy atom. The monoisotopic (exact) mass is 537 g/mol. The van der Waals surface area contributed by atoms with Crippen molar-refractivity contribution in [2.75, 3.05) is 38.5 Å². The van der Waals surface area contributed by atoms with E-state index in [0.29, 0.717) is 18.8 Å². The lowest BCUT2D eigenvalue weighted by atomic mass is 10.1. The lowest BCUT2D eigenvalue weighted by Gasteiger charge is -2.26. The highest BCUT2D eigenvalue weighted by molar-refractivity contribution is 5.91. The third-order valence-corrected chi connectivity index (χ3v) is 7.28. The first-order valence-electron chi connectivity index (χ1n) is 14.0. The molecule has 2 aliphatic rings. The van der Waals surface area contributed by atoms with Gasteiger partial charge in [-0.1, -0.05) is 6.07 Å². The number of aliphatic imine (C=N–C) groups is 1. The summed E-state index contributed by atoms with van der Waals surface area (Å²) in [5.41, 5.74) is 4.58. The largest absolute Gasteiger partial charge is 0.480 e. The van der Waals surface area contributed by atoms with Crippen LogP contribution in [0.2, 0.25) is 0 Å². The molecule has 39 heavy (non-hydrogen) atoms.